The molecule has 0 N–H and O–H groups in total. The zero-order valence-corrected chi connectivity index (χ0v) is 20.5. The lowest BCUT2D eigenvalue weighted by molar-refractivity contribution is -0.148. The molecule has 4 nitrogen and oxygen atoms in total. The van der Waals surface area contributed by atoms with Crippen LogP contribution in [0.25, 0.3) is 0 Å². The van der Waals surface area contributed by atoms with Crippen LogP contribution >= 0.6 is 0 Å². The molecule has 186 valence electrons. The Balaban J connectivity index is 1.63. The van der Waals surface area contributed by atoms with Crippen molar-refractivity contribution < 1.29 is 23.1 Å². The number of esters is 1. The van der Waals surface area contributed by atoms with Crippen LogP contribution in [0.15, 0.2) is 12.1 Å². The van der Waals surface area contributed by atoms with E-state index in [1.807, 2.05) is 0 Å². The van der Waals surface area contributed by atoms with Crippen LogP contribution in [0.4, 0.5) is 8.78 Å². The fraction of sp³-hybridized carbons (Fsp3) is 0.704. The summed E-state index contributed by atoms with van der Waals surface area (Å²) in [6.45, 7) is 4.34. The Morgan fingerprint density at radius 2 is 1.52 bits per heavy atom. The summed E-state index contributed by atoms with van der Waals surface area (Å²) in [5.41, 5.74) is -0.388. The van der Waals surface area contributed by atoms with Gasteiger partial charge in [0.25, 0.3) is 5.91 Å². The van der Waals surface area contributed by atoms with Crippen LogP contribution in [0.1, 0.15) is 113 Å². The van der Waals surface area contributed by atoms with Gasteiger partial charge < -0.3 is 9.64 Å². The number of ether oxygens (including phenoxy) is 1. The first kappa shape index (κ1) is 27.3. The van der Waals surface area contributed by atoms with Gasteiger partial charge in [-0.25, -0.2) is 13.6 Å². The number of nitrogens with zero attached hydrogens (tertiary/aromatic N) is 1. The molecule has 1 fully saturated rings. The topological polar surface area (TPSA) is 46.6 Å². The van der Waals surface area contributed by atoms with Crippen molar-refractivity contribution >= 4 is 11.9 Å². The van der Waals surface area contributed by atoms with Crippen molar-refractivity contribution in [1.29, 1.82) is 0 Å². The van der Waals surface area contributed by atoms with Crippen LogP contribution < -0.4 is 0 Å². The molecule has 0 spiro atoms. The summed E-state index contributed by atoms with van der Waals surface area (Å²) in [7, 11) is 0. The average Bonchev–Trinajstić information content (AvgIpc) is 3.29. The molecule has 6 heteroatoms. The Kier molecular flexibility index (Phi) is 12.4. The van der Waals surface area contributed by atoms with Crippen LogP contribution in [0.2, 0.25) is 0 Å². The third-order valence-electron chi connectivity index (χ3n) is 6.53. The lowest BCUT2D eigenvalue weighted by atomic mass is 10.1. The fourth-order valence-corrected chi connectivity index (χ4v) is 4.46. The molecule has 0 radical (unpaired) electrons. The van der Waals surface area contributed by atoms with E-state index in [1.54, 1.807) is 0 Å². The highest BCUT2D eigenvalue weighted by molar-refractivity contribution is 5.97. The number of benzene rings is 1. The fourth-order valence-electron chi connectivity index (χ4n) is 4.46. The lowest BCUT2D eigenvalue weighted by Gasteiger charge is -2.24. The van der Waals surface area contributed by atoms with Crippen molar-refractivity contribution in [1.82, 2.24) is 4.90 Å². The molecule has 0 bridgehead atoms. The molecule has 1 aliphatic rings. The molecule has 1 saturated heterocycles. The minimum Gasteiger partial charge on any atom is -0.464 e. The monoisotopic (exact) mass is 465 g/mol. The van der Waals surface area contributed by atoms with E-state index >= 15 is 0 Å². The summed E-state index contributed by atoms with van der Waals surface area (Å²) in [6.07, 6.45) is 15.8. The molecular weight excluding hydrogens is 424 g/mol. The van der Waals surface area contributed by atoms with Crippen molar-refractivity contribution in [2.75, 3.05) is 13.2 Å². The number of halogens is 2. The minimum atomic E-state index is -0.904. The maximum atomic E-state index is 14.4. The lowest BCUT2D eigenvalue weighted by Crippen LogP contribution is -2.42. The van der Waals surface area contributed by atoms with Crippen LogP contribution in [0.5, 0.6) is 0 Å². The van der Waals surface area contributed by atoms with Gasteiger partial charge in [0.05, 0.1) is 6.61 Å². The van der Waals surface area contributed by atoms with Crippen molar-refractivity contribution in [3.8, 4) is 0 Å². The Labute approximate surface area is 198 Å². The highest BCUT2D eigenvalue weighted by Gasteiger charge is 2.37. The molecule has 1 atom stereocenters. The maximum absolute atomic E-state index is 14.4. The molecule has 2 rings (SSSR count). The summed E-state index contributed by atoms with van der Waals surface area (Å²) < 4.78 is 33.9. The number of carbonyl (C=O) groups is 2. The van der Waals surface area contributed by atoms with Crippen molar-refractivity contribution in [2.24, 2.45) is 0 Å². The number of hydrogen-bond acceptors (Lipinski definition) is 3. The van der Waals surface area contributed by atoms with Gasteiger partial charge in [0.15, 0.2) is 0 Å². The van der Waals surface area contributed by atoms with E-state index in [1.165, 1.54) is 75.7 Å². The number of rotatable bonds is 15. The first-order chi connectivity index (χ1) is 16.0. The van der Waals surface area contributed by atoms with E-state index in [2.05, 4.69) is 6.92 Å². The van der Waals surface area contributed by atoms with E-state index in [9.17, 15) is 18.4 Å². The smallest absolute Gasteiger partial charge is 0.328 e. The zero-order chi connectivity index (χ0) is 24.1. The highest BCUT2D eigenvalue weighted by Crippen LogP contribution is 2.25. The molecule has 0 aromatic heterocycles. The predicted molar refractivity (Wildman–Crippen MR) is 127 cm³/mol. The molecule has 1 unspecified atom stereocenters. The van der Waals surface area contributed by atoms with Gasteiger partial charge in [0.2, 0.25) is 0 Å². The molecule has 1 amide bonds. The summed E-state index contributed by atoms with van der Waals surface area (Å²) in [6, 6.07) is 1.61. The summed E-state index contributed by atoms with van der Waals surface area (Å²) in [5, 5.41) is 0. The van der Waals surface area contributed by atoms with Crippen LogP contribution in [0.3, 0.4) is 0 Å². The van der Waals surface area contributed by atoms with E-state index in [0.29, 0.717) is 26.0 Å². The molecule has 1 aromatic carbocycles. The van der Waals surface area contributed by atoms with Gasteiger partial charge in [-0.3, -0.25) is 4.79 Å². The van der Waals surface area contributed by atoms with Crippen molar-refractivity contribution in [3.63, 3.8) is 0 Å². The summed E-state index contributed by atoms with van der Waals surface area (Å²) in [5.74, 6) is -3.02. The quantitative estimate of drug-likeness (QED) is 0.205. The van der Waals surface area contributed by atoms with E-state index in [-0.39, 0.29) is 5.56 Å². The van der Waals surface area contributed by atoms with Gasteiger partial charge in [0.1, 0.15) is 23.2 Å². The molecule has 33 heavy (non-hydrogen) atoms. The standard InChI is InChI=1S/C27H41F2NO3/c1-3-4-5-6-7-8-9-10-11-12-13-14-20-33-27(32)23-16-15-19-30(23)26(31)24-22(28)18-17-21(2)25(24)29/h17-18,23H,3-16,19-20H2,1-2H3. The minimum absolute atomic E-state index is 0.199. The van der Waals surface area contributed by atoms with Crippen LogP contribution in [-0.2, 0) is 9.53 Å². The molecule has 0 aliphatic carbocycles. The SMILES string of the molecule is CCCCCCCCCCCCCCOC(=O)C1CCCN1C(=O)c1c(F)ccc(C)c1F. The second-order valence-electron chi connectivity index (χ2n) is 9.27. The summed E-state index contributed by atoms with van der Waals surface area (Å²) in [4.78, 5) is 26.6. The Morgan fingerprint density at radius 1 is 0.939 bits per heavy atom. The van der Waals surface area contributed by atoms with Crippen molar-refractivity contribution in [3.05, 3.63) is 34.9 Å². The molecule has 1 aliphatic heterocycles. The second kappa shape index (κ2) is 15.0. The number of unbranched alkanes of at least 4 members (excludes halogenated alkanes) is 11. The number of likely N-dealkylation sites (tertiary alicyclic amines) is 1. The average molecular weight is 466 g/mol. The van der Waals surface area contributed by atoms with Gasteiger partial charge in [-0.05, 0) is 37.8 Å². The molecular formula is C27H41F2NO3. The first-order valence-electron chi connectivity index (χ1n) is 12.9. The van der Waals surface area contributed by atoms with E-state index in [0.717, 1.165) is 25.3 Å². The predicted octanol–water partition coefficient (Wildman–Crippen LogP) is 7.12. The van der Waals surface area contributed by atoms with Gasteiger partial charge in [-0.2, -0.15) is 0 Å². The van der Waals surface area contributed by atoms with Gasteiger partial charge in [0, 0.05) is 6.54 Å². The second-order valence-corrected chi connectivity index (χ2v) is 9.27. The first-order valence-corrected chi connectivity index (χ1v) is 12.9. The molecule has 0 saturated carbocycles. The maximum Gasteiger partial charge on any atom is 0.328 e. The third kappa shape index (κ3) is 8.71. The zero-order valence-electron chi connectivity index (χ0n) is 20.5. The number of aryl methyl sites for hydroxylation is 1. The van der Waals surface area contributed by atoms with Crippen LogP contribution in [-0.4, -0.2) is 36.0 Å². The molecule has 1 aromatic rings. The van der Waals surface area contributed by atoms with Crippen molar-refractivity contribution in [2.45, 2.75) is 110 Å². The third-order valence-corrected chi connectivity index (χ3v) is 6.53. The van der Waals surface area contributed by atoms with E-state index < -0.39 is 35.1 Å². The Bertz CT molecular complexity index is 753. The Morgan fingerprint density at radius 3 is 2.12 bits per heavy atom. The summed E-state index contributed by atoms with van der Waals surface area (Å²) >= 11 is 0. The number of hydrogen-bond donors (Lipinski definition) is 0. The molecule has 1 heterocycles. The number of carbonyl (C=O) groups excluding carboxylic acids is 2. The van der Waals surface area contributed by atoms with E-state index in [4.69, 9.17) is 4.74 Å². The van der Waals surface area contributed by atoms with Gasteiger partial charge in [-0.15, -0.1) is 0 Å². The number of amides is 1. The highest BCUT2D eigenvalue weighted by atomic mass is 19.1. The largest absolute Gasteiger partial charge is 0.464 e. The van der Waals surface area contributed by atoms with Gasteiger partial charge in [-0.1, -0.05) is 83.6 Å². The normalized spacial score (nSPS) is 15.8. The Hall–Kier alpha value is -1.98. The van der Waals surface area contributed by atoms with Gasteiger partial charge >= 0.3 is 5.97 Å². The van der Waals surface area contributed by atoms with Crippen LogP contribution in [0, 0.1) is 18.6 Å².